The first-order chi connectivity index (χ1) is 18.3. The lowest BCUT2D eigenvalue weighted by atomic mass is 10.1. The van der Waals surface area contributed by atoms with E-state index in [-0.39, 0.29) is 30.1 Å². The maximum absolute atomic E-state index is 12.7. The summed E-state index contributed by atoms with van der Waals surface area (Å²) in [5.41, 5.74) is 2.33. The SMILES string of the molecule is CC.CNc1cc(CNC(=O)c2cc(C(=O)NC(C)c3ccc(C(=O)O)cc3)ncn2)ccc1OCC=O. The number of hydrogen-bond donors (Lipinski definition) is 4. The zero-order chi connectivity index (χ0) is 28.1. The molecule has 3 aromatic rings. The Bertz CT molecular complexity index is 1260. The highest BCUT2D eigenvalue weighted by Crippen LogP contribution is 2.25. The highest BCUT2D eigenvalue weighted by atomic mass is 16.5. The number of hydrogen-bond acceptors (Lipinski definition) is 8. The van der Waals surface area contributed by atoms with E-state index in [2.05, 4.69) is 25.9 Å². The van der Waals surface area contributed by atoms with Crippen molar-refractivity contribution in [1.82, 2.24) is 20.6 Å². The van der Waals surface area contributed by atoms with Gasteiger partial charge in [-0.15, -0.1) is 0 Å². The molecule has 1 aromatic heterocycles. The van der Waals surface area contributed by atoms with Gasteiger partial charge in [0, 0.05) is 19.7 Å². The molecule has 2 amide bonds. The number of carbonyl (C=O) groups is 4. The second kappa shape index (κ2) is 14.7. The fourth-order valence-electron chi connectivity index (χ4n) is 3.28. The summed E-state index contributed by atoms with van der Waals surface area (Å²) in [6.07, 6.45) is 1.79. The van der Waals surface area contributed by atoms with Crippen molar-refractivity contribution in [1.29, 1.82) is 0 Å². The highest BCUT2D eigenvalue weighted by molar-refractivity contribution is 5.97. The maximum Gasteiger partial charge on any atom is 0.335 e. The summed E-state index contributed by atoms with van der Waals surface area (Å²) < 4.78 is 5.34. The number of carbonyl (C=O) groups excluding carboxylic acids is 3. The average Bonchev–Trinajstić information content (AvgIpc) is 2.96. The van der Waals surface area contributed by atoms with E-state index < -0.39 is 23.8 Å². The fourth-order valence-corrected chi connectivity index (χ4v) is 3.28. The smallest absolute Gasteiger partial charge is 0.335 e. The van der Waals surface area contributed by atoms with Crippen LogP contribution in [0.1, 0.15) is 69.3 Å². The Balaban J connectivity index is 0.00000247. The van der Waals surface area contributed by atoms with Crippen molar-refractivity contribution >= 4 is 29.8 Å². The monoisotopic (exact) mass is 521 g/mol. The van der Waals surface area contributed by atoms with Gasteiger partial charge in [0.15, 0.2) is 6.29 Å². The van der Waals surface area contributed by atoms with Crippen molar-refractivity contribution in [2.24, 2.45) is 0 Å². The summed E-state index contributed by atoms with van der Waals surface area (Å²) in [4.78, 5) is 54.7. The standard InChI is InChI=1S/C25H25N5O6.C2H6/c1-15(17-4-6-18(7-5-17)25(34)35)30-24(33)21-12-20(28-14-29-21)23(32)27-13-16-3-8-22(36-10-9-31)19(11-16)26-2;1-2/h3-9,11-12,14-15,26H,10,13H2,1-2H3,(H,27,32)(H,30,33)(H,34,35);1-2H3. The third-order valence-electron chi connectivity index (χ3n) is 5.21. The van der Waals surface area contributed by atoms with Crippen LogP contribution in [-0.4, -0.2) is 52.8 Å². The quantitative estimate of drug-likeness (QED) is 0.278. The van der Waals surface area contributed by atoms with Gasteiger partial charge in [-0.05, 0) is 42.3 Å². The first-order valence-corrected chi connectivity index (χ1v) is 11.9. The summed E-state index contributed by atoms with van der Waals surface area (Å²) in [5.74, 6) is -1.52. The molecule has 0 aliphatic rings. The number of carboxylic acid groups (broad SMARTS) is 1. The number of nitrogens with zero attached hydrogens (tertiary/aromatic N) is 2. The van der Waals surface area contributed by atoms with Gasteiger partial charge in [-0.25, -0.2) is 14.8 Å². The van der Waals surface area contributed by atoms with Gasteiger partial charge in [-0.1, -0.05) is 32.0 Å². The number of ether oxygens (including phenoxy) is 1. The molecular formula is C27H31N5O6. The third kappa shape index (κ3) is 8.12. The topological polar surface area (TPSA) is 160 Å². The third-order valence-corrected chi connectivity index (χ3v) is 5.21. The van der Waals surface area contributed by atoms with Gasteiger partial charge in [0.05, 0.1) is 17.3 Å². The molecule has 200 valence electrons. The summed E-state index contributed by atoms with van der Waals surface area (Å²) >= 11 is 0. The molecule has 3 rings (SSSR count). The van der Waals surface area contributed by atoms with Crippen LogP contribution in [0.15, 0.2) is 54.9 Å². The van der Waals surface area contributed by atoms with E-state index in [0.717, 1.165) is 11.9 Å². The summed E-state index contributed by atoms with van der Waals surface area (Å²) in [7, 11) is 1.71. The highest BCUT2D eigenvalue weighted by Gasteiger charge is 2.16. The van der Waals surface area contributed by atoms with Crippen LogP contribution in [-0.2, 0) is 11.3 Å². The summed E-state index contributed by atoms with van der Waals surface area (Å²) in [6, 6.07) is 12.3. The molecule has 1 unspecified atom stereocenters. The molecule has 0 aliphatic carbocycles. The predicted octanol–water partition coefficient (Wildman–Crippen LogP) is 3.24. The Morgan fingerprint density at radius 2 is 1.66 bits per heavy atom. The minimum absolute atomic E-state index is 0.0123. The van der Waals surface area contributed by atoms with Crippen LogP contribution in [0, 0.1) is 0 Å². The molecule has 11 heteroatoms. The molecule has 0 saturated heterocycles. The van der Waals surface area contributed by atoms with Gasteiger partial charge in [0.1, 0.15) is 30.1 Å². The van der Waals surface area contributed by atoms with E-state index in [4.69, 9.17) is 9.84 Å². The minimum atomic E-state index is -1.03. The lowest BCUT2D eigenvalue weighted by Crippen LogP contribution is -2.29. The van der Waals surface area contributed by atoms with E-state index in [0.29, 0.717) is 23.3 Å². The molecule has 0 saturated carbocycles. The van der Waals surface area contributed by atoms with E-state index in [1.165, 1.54) is 18.2 Å². The van der Waals surface area contributed by atoms with Crippen molar-refractivity contribution in [2.75, 3.05) is 19.0 Å². The van der Waals surface area contributed by atoms with Gasteiger partial charge in [-0.3, -0.25) is 14.4 Å². The van der Waals surface area contributed by atoms with Crippen molar-refractivity contribution in [3.05, 3.63) is 82.9 Å². The molecule has 0 bridgehead atoms. The van der Waals surface area contributed by atoms with Crippen molar-refractivity contribution in [3.63, 3.8) is 0 Å². The van der Waals surface area contributed by atoms with E-state index in [9.17, 15) is 19.2 Å². The van der Waals surface area contributed by atoms with Crippen LogP contribution >= 0.6 is 0 Å². The Morgan fingerprint density at radius 3 is 2.26 bits per heavy atom. The second-order valence-corrected chi connectivity index (χ2v) is 7.65. The average molecular weight is 522 g/mol. The molecule has 0 aliphatic heterocycles. The van der Waals surface area contributed by atoms with Gasteiger partial charge in [0.25, 0.3) is 11.8 Å². The van der Waals surface area contributed by atoms with Gasteiger partial charge < -0.3 is 25.8 Å². The molecule has 0 fully saturated rings. The normalized spacial score (nSPS) is 10.7. The lowest BCUT2D eigenvalue weighted by molar-refractivity contribution is -0.109. The first kappa shape index (κ1) is 29.4. The molecule has 4 N–H and O–H groups in total. The van der Waals surface area contributed by atoms with Crippen LogP contribution < -0.4 is 20.7 Å². The molecule has 0 spiro atoms. The first-order valence-electron chi connectivity index (χ1n) is 11.9. The number of aromatic carboxylic acids is 1. The number of benzene rings is 2. The molecule has 1 atom stereocenters. The number of nitrogens with one attached hydrogen (secondary N) is 3. The number of rotatable bonds is 11. The second-order valence-electron chi connectivity index (χ2n) is 7.65. The van der Waals surface area contributed by atoms with Crippen LogP contribution in [0.2, 0.25) is 0 Å². The summed E-state index contributed by atoms with van der Waals surface area (Å²) in [6.45, 7) is 5.87. The Labute approximate surface area is 220 Å². The molecule has 0 radical (unpaired) electrons. The van der Waals surface area contributed by atoms with Crippen LogP contribution in [0.5, 0.6) is 5.75 Å². The zero-order valence-electron chi connectivity index (χ0n) is 21.6. The number of amides is 2. The minimum Gasteiger partial charge on any atom is -0.484 e. The maximum atomic E-state index is 12.7. The number of aldehydes is 1. The van der Waals surface area contributed by atoms with Gasteiger partial charge in [-0.2, -0.15) is 0 Å². The largest absolute Gasteiger partial charge is 0.484 e. The Morgan fingerprint density at radius 1 is 1.00 bits per heavy atom. The number of aromatic nitrogens is 2. The Hall–Kier alpha value is -4.80. The van der Waals surface area contributed by atoms with Crippen LogP contribution in [0.25, 0.3) is 0 Å². The van der Waals surface area contributed by atoms with Crippen molar-refractivity contribution in [3.8, 4) is 5.75 Å². The lowest BCUT2D eigenvalue weighted by Gasteiger charge is -2.14. The molecule has 11 nitrogen and oxygen atoms in total. The fraction of sp³-hybridized carbons (Fsp3) is 0.259. The van der Waals surface area contributed by atoms with Crippen LogP contribution in [0.3, 0.4) is 0 Å². The summed E-state index contributed by atoms with van der Waals surface area (Å²) in [5, 5.41) is 17.5. The molecule has 1 heterocycles. The zero-order valence-corrected chi connectivity index (χ0v) is 21.6. The van der Waals surface area contributed by atoms with Crippen molar-refractivity contribution < 1.29 is 29.0 Å². The predicted molar refractivity (Wildman–Crippen MR) is 141 cm³/mol. The molecule has 2 aromatic carbocycles. The van der Waals surface area contributed by atoms with E-state index >= 15 is 0 Å². The van der Waals surface area contributed by atoms with Crippen molar-refractivity contribution in [2.45, 2.75) is 33.4 Å². The van der Waals surface area contributed by atoms with E-state index in [1.807, 2.05) is 13.8 Å². The van der Waals surface area contributed by atoms with Gasteiger partial charge >= 0.3 is 5.97 Å². The van der Waals surface area contributed by atoms with Gasteiger partial charge in [0.2, 0.25) is 0 Å². The number of anilines is 1. The van der Waals surface area contributed by atoms with E-state index in [1.54, 1.807) is 44.3 Å². The van der Waals surface area contributed by atoms with Crippen LogP contribution in [0.4, 0.5) is 5.69 Å². The molecular weight excluding hydrogens is 490 g/mol. The Kier molecular flexibility index (Phi) is 11.4. The number of carboxylic acids is 1. The molecule has 38 heavy (non-hydrogen) atoms.